The second kappa shape index (κ2) is 8.98. The standard InChI is InChI=1S/C17H29NO/c1-5-9-16(18-8-4)17(7-3)19-15-12-10-14(6-2)11-13-15/h10-13,16-18H,5-9H2,1-4H3. The molecule has 1 aromatic carbocycles. The van der Waals surface area contributed by atoms with Crippen LogP contribution in [0.1, 0.15) is 52.5 Å². The fourth-order valence-electron chi connectivity index (χ4n) is 2.42. The highest BCUT2D eigenvalue weighted by Crippen LogP contribution is 2.18. The van der Waals surface area contributed by atoms with Crippen LogP contribution in [0.2, 0.25) is 0 Å². The molecule has 0 aliphatic rings. The summed E-state index contributed by atoms with van der Waals surface area (Å²) in [5.74, 6) is 0.989. The molecular weight excluding hydrogens is 234 g/mol. The second-order valence-electron chi connectivity index (χ2n) is 5.01. The van der Waals surface area contributed by atoms with E-state index in [1.165, 1.54) is 18.4 Å². The van der Waals surface area contributed by atoms with Gasteiger partial charge in [0.2, 0.25) is 0 Å². The van der Waals surface area contributed by atoms with Crippen LogP contribution in [0.15, 0.2) is 24.3 Å². The summed E-state index contributed by atoms with van der Waals surface area (Å²) in [6.07, 6.45) is 4.72. The monoisotopic (exact) mass is 263 g/mol. The molecule has 0 aliphatic heterocycles. The Kier molecular flexibility index (Phi) is 7.57. The topological polar surface area (TPSA) is 21.3 Å². The number of hydrogen-bond acceptors (Lipinski definition) is 2. The highest BCUT2D eigenvalue weighted by atomic mass is 16.5. The number of benzene rings is 1. The Morgan fingerprint density at radius 3 is 2.21 bits per heavy atom. The lowest BCUT2D eigenvalue weighted by molar-refractivity contribution is 0.143. The maximum Gasteiger partial charge on any atom is 0.119 e. The third-order valence-corrected chi connectivity index (χ3v) is 3.54. The second-order valence-corrected chi connectivity index (χ2v) is 5.01. The summed E-state index contributed by atoms with van der Waals surface area (Å²) >= 11 is 0. The first-order chi connectivity index (χ1) is 9.24. The van der Waals surface area contributed by atoms with Crippen LogP contribution >= 0.6 is 0 Å². The highest BCUT2D eigenvalue weighted by Gasteiger charge is 2.19. The molecule has 2 nitrogen and oxygen atoms in total. The van der Waals surface area contributed by atoms with E-state index in [0.717, 1.165) is 25.1 Å². The summed E-state index contributed by atoms with van der Waals surface area (Å²) in [4.78, 5) is 0. The molecule has 0 fully saturated rings. The van der Waals surface area contributed by atoms with Gasteiger partial charge in [0.05, 0.1) is 0 Å². The third kappa shape index (κ3) is 5.23. The minimum Gasteiger partial charge on any atom is -0.489 e. The Bertz CT molecular complexity index is 328. The predicted molar refractivity (Wildman–Crippen MR) is 82.9 cm³/mol. The number of ether oxygens (including phenoxy) is 1. The molecule has 0 aromatic heterocycles. The van der Waals surface area contributed by atoms with Crippen molar-refractivity contribution in [2.75, 3.05) is 6.54 Å². The van der Waals surface area contributed by atoms with E-state index in [0.29, 0.717) is 6.04 Å². The van der Waals surface area contributed by atoms with Gasteiger partial charge in [-0.2, -0.15) is 0 Å². The highest BCUT2D eigenvalue weighted by molar-refractivity contribution is 5.27. The first-order valence-electron chi connectivity index (χ1n) is 7.74. The first kappa shape index (κ1) is 16.0. The van der Waals surface area contributed by atoms with Crippen molar-refractivity contribution in [2.24, 2.45) is 0 Å². The van der Waals surface area contributed by atoms with Crippen LogP contribution in [0, 0.1) is 0 Å². The molecule has 0 aliphatic carbocycles. The SMILES string of the molecule is CCCC(NCC)C(CC)Oc1ccc(CC)cc1. The van der Waals surface area contributed by atoms with Gasteiger partial charge in [0, 0.05) is 6.04 Å². The molecule has 1 rings (SSSR count). The van der Waals surface area contributed by atoms with Gasteiger partial charge in [-0.15, -0.1) is 0 Å². The molecule has 0 spiro atoms. The number of rotatable bonds is 9. The molecule has 0 radical (unpaired) electrons. The molecule has 2 unspecified atom stereocenters. The van der Waals surface area contributed by atoms with Gasteiger partial charge in [0.1, 0.15) is 11.9 Å². The minimum atomic E-state index is 0.257. The zero-order valence-electron chi connectivity index (χ0n) is 12.9. The van der Waals surface area contributed by atoms with Crippen LogP contribution in [-0.4, -0.2) is 18.7 Å². The minimum absolute atomic E-state index is 0.257. The Hall–Kier alpha value is -1.02. The molecule has 19 heavy (non-hydrogen) atoms. The molecule has 0 amide bonds. The normalized spacial score (nSPS) is 14.1. The van der Waals surface area contributed by atoms with E-state index in [-0.39, 0.29) is 6.10 Å². The average molecular weight is 263 g/mol. The number of aryl methyl sites for hydroxylation is 1. The van der Waals surface area contributed by atoms with Crippen molar-refractivity contribution in [1.29, 1.82) is 0 Å². The Labute approximate surface area is 118 Å². The predicted octanol–water partition coefficient (Wildman–Crippen LogP) is 4.18. The van der Waals surface area contributed by atoms with E-state index in [4.69, 9.17) is 4.74 Å². The smallest absolute Gasteiger partial charge is 0.119 e. The van der Waals surface area contributed by atoms with E-state index < -0.39 is 0 Å². The fraction of sp³-hybridized carbons (Fsp3) is 0.647. The molecule has 2 atom stereocenters. The number of likely N-dealkylation sites (N-methyl/N-ethyl adjacent to an activating group) is 1. The van der Waals surface area contributed by atoms with Crippen molar-refractivity contribution in [3.05, 3.63) is 29.8 Å². The van der Waals surface area contributed by atoms with Crippen molar-refractivity contribution in [1.82, 2.24) is 5.32 Å². The van der Waals surface area contributed by atoms with Gasteiger partial charge in [0.25, 0.3) is 0 Å². The molecular formula is C17H29NO. The lowest BCUT2D eigenvalue weighted by Crippen LogP contribution is -2.42. The van der Waals surface area contributed by atoms with Gasteiger partial charge in [-0.25, -0.2) is 0 Å². The zero-order valence-corrected chi connectivity index (χ0v) is 12.9. The van der Waals surface area contributed by atoms with E-state index >= 15 is 0 Å². The molecule has 2 heteroatoms. The maximum atomic E-state index is 6.17. The van der Waals surface area contributed by atoms with Gasteiger partial charge in [0.15, 0.2) is 0 Å². The van der Waals surface area contributed by atoms with Crippen LogP contribution in [0.4, 0.5) is 0 Å². The van der Waals surface area contributed by atoms with Gasteiger partial charge in [-0.05, 0) is 43.5 Å². The third-order valence-electron chi connectivity index (χ3n) is 3.54. The summed E-state index contributed by atoms with van der Waals surface area (Å²) < 4.78 is 6.17. The molecule has 0 bridgehead atoms. The van der Waals surface area contributed by atoms with E-state index in [2.05, 4.69) is 57.3 Å². The zero-order chi connectivity index (χ0) is 14.1. The van der Waals surface area contributed by atoms with Crippen LogP contribution in [-0.2, 0) is 6.42 Å². The first-order valence-corrected chi connectivity index (χ1v) is 7.74. The van der Waals surface area contributed by atoms with E-state index in [1.807, 2.05) is 0 Å². The molecule has 108 valence electrons. The molecule has 1 aromatic rings. The van der Waals surface area contributed by atoms with E-state index in [9.17, 15) is 0 Å². The van der Waals surface area contributed by atoms with Gasteiger partial charge in [-0.1, -0.05) is 46.2 Å². The quantitative estimate of drug-likeness (QED) is 0.721. The fourth-order valence-corrected chi connectivity index (χ4v) is 2.42. The number of hydrogen-bond donors (Lipinski definition) is 1. The average Bonchev–Trinajstić information content (AvgIpc) is 2.45. The lowest BCUT2D eigenvalue weighted by atomic mass is 10.0. The summed E-state index contributed by atoms with van der Waals surface area (Å²) in [5, 5.41) is 3.55. The summed E-state index contributed by atoms with van der Waals surface area (Å²) in [7, 11) is 0. The van der Waals surface area contributed by atoms with Crippen LogP contribution in [0.5, 0.6) is 5.75 Å². The van der Waals surface area contributed by atoms with Crippen LogP contribution in [0.25, 0.3) is 0 Å². The van der Waals surface area contributed by atoms with Crippen molar-refractivity contribution in [2.45, 2.75) is 65.5 Å². The van der Waals surface area contributed by atoms with Crippen molar-refractivity contribution >= 4 is 0 Å². The van der Waals surface area contributed by atoms with Crippen LogP contribution < -0.4 is 10.1 Å². The molecule has 0 heterocycles. The Morgan fingerprint density at radius 1 is 1.05 bits per heavy atom. The Balaban J connectivity index is 2.67. The van der Waals surface area contributed by atoms with Gasteiger partial charge >= 0.3 is 0 Å². The van der Waals surface area contributed by atoms with Crippen molar-refractivity contribution in [3.63, 3.8) is 0 Å². The molecule has 0 saturated carbocycles. The van der Waals surface area contributed by atoms with Crippen LogP contribution in [0.3, 0.4) is 0 Å². The largest absolute Gasteiger partial charge is 0.489 e. The lowest BCUT2D eigenvalue weighted by Gasteiger charge is -2.27. The van der Waals surface area contributed by atoms with E-state index in [1.54, 1.807) is 0 Å². The maximum absolute atomic E-state index is 6.17. The summed E-state index contributed by atoms with van der Waals surface area (Å²) in [6, 6.07) is 8.95. The summed E-state index contributed by atoms with van der Waals surface area (Å²) in [6.45, 7) is 9.76. The molecule has 1 N–H and O–H groups in total. The number of nitrogens with one attached hydrogen (secondary N) is 1. The summed E-state index contributed by atoms with van der Waals surface area (Å²) in [5.41, 5.74) is 1.36. The molecule has 0 saturated heterocycles. The van der Waals surface area contributed by atoms with Crippen molar-refractivity contribution in [3.8, 4) is 5.75 Å². The van der Waals surface area contributed by atoms with Gasteiger partial charge in [-0.3, -0.25) is 0 Å². The van der Waals surface area contributed by atoms with Gasteiger partial charge < -0.3 is 10.1 Å². The Morgan fingerprint density at radius 2 is 1.74 bits per heavy atom. The van der Waals surface area contributed by atoms with Crippen molar-refractivity contribution < 1.29 is 4.74 Å².